The zero-order valence-corrected chi connectivity index (χ0v) is 17.8. The lowest BCUT2D eigenvalue weighted by atomic mass is 10.2. The summed E-state index contributed by atoms with van der Waals surface area (Å²) in [6, 6.07) is 13.0. The van der Waals surface area contributed by atoms with Crippen LogP contribution in [0.25, 0.3) is 11.4 Å². The second-order valence-corrected chi connectivity index (χ2v) is 7.53. The molecule has 0 fully saturated rings. The number of ether oxygens (including phenoxy) is 1. The summed E-state index contributed by atoms with van der Waals surface area (Å²) in [4.78, 5) is 12.4. The van der Waals surface area contributed by atoms with Crippen molar-refractivity contribution < 1.29 is 9.53 Å². The SMILES string of the molecule is C=CCn1c(SCC(=O)Nc2cccc(Cl)c2C)nnc1-c1ccc(OC)cc1. The predicted octanol–water partition coefficient (Wildman–Crippen LogP) is 4.83. The van der Waals surface area contributed by atoms with Crippen molar-refractivity contribution in [3.8, 4) is 17.1 Å². The molecule has 0 atom stereocenters. The van der Waals surface area contributed by atoms with Gasteiger partial charge < -0.3 is 10.1 Å². The summed E-state index contributed by atoms with van der Waals surface area (Å²) in [5.41, 5.74) is 2.45. The second kappa shape index (κ2) is 9.62. The van der Waals surface area contributed by atoms with Gasteiger partial charge in [-0.1, -0.05) is 35.5 Å². The van der Waals surface area contributed by atoms with Crippen LogP contribution in [0.1, 0.15) is 5.56 Å². The average Bonchev–Trinajstić information content (AvgIpc) is 3.13. The molecule has 8 heteroatoms. The summed E-state index contributed by atoms with van der Waals surface area (Å²) in [5.74, 6) is 1.54. The predicted molar refractivity (Wildman–Crippen MR) is 118 cm³/mol. The van der Waals surface area contributed by atoms with E-state index in [2.05, 4.69) is 22.1 Å². The highest BCUT2D eigenvalue weighted by Gasteiger charge is 2.15. The minimum Gasteiger partial charge on any atom is -0.497 e. The van der Waals surface area contributed by atoms with E-state index in [4.69, 9.17) is 16.3 Å². The Morgan fingerprint density at radius 3 is 2.72 bits per heavy atom. The first-order valence-electron chi connectivity index (χ1n) is 8.89. The van der Waals surface area contributed by atoms with Gasteiger partial charge in [0.05, 0.1) is 12.9 Å². The Bertz CT molecular complexity index is 1020. The van der Waals surface area contributed by atoms with Gasteiger partial charge in [-0.15, -0.1) is 16.8 Å². The van der Waals surface area contributed by atoms with Gasteiger partial charge in [0.1, 0.15) is 5.75 Å². The van der Waals surface area contributed by atoms with E-state index < -0.39 is 0 Å². The zero-order chi connectivity index (χ0) is 20.8. The van der Waals surface area contributed by atoms with Crippen LogP contribution in [-0.4, -0.2) is 33.5 Å². The normalized spacial score (nSPS) is 10.6. The van der Waals surface area contributed by atoms with Crippen molar-refractivity contribution in [1.82, 2.24) is 14.8 Å². The average molecular weight is 429 g/mol. The smallest absolute Gasteiger partial charge is 0.234 e. The van der Waals surface area contributed by atoms with E-state index in [9.17, 15) is 4.79 Å². The van der Waals surface area contributed by atoms with Crippen LogP contribution in [0.5, 0.6) is 5.75 Å². The van der Waals surface area contributed by atoms with Crippen molar-refractivity contribution in [3.63, 3.8) is 0 Å². The largest absolute Gasteiger partial charge is 0.497 e. The molecule has 0 aliphatic rings. The van der Waals surface area contributed by atoms with Crippen molar-refractivity contribution >= 4 is 35.0 Å². The van der Waals surface area contributed by atoms with Crippen LogP contribution >= 0.6 is 23.4 Å². The summed E-state index contributed by atoms with van der Waals surface area (Å²) < 4.78 is 7.13. The topological polar surface area (TPSA) is 69.0 Å². The summed E-state index contributed by atoms with van der Waals surface area (Å²) >= 11 is 7.43. The van der Waals surface area contributed by atoms with Gasteiger partial charge in [0.15, 0.2) is 11.0 Å². The molecular formula is C21H21ClN4O2S. The van der Waals surface area contributed by atoms with Crippen molar-refractivity contribution in [3.05, 3.63) is 65.7 Å². The van der Waals surface area contributed by atoms with Gasteiger partial charge in [0, 0.05) is 22.8 Å². The van der Waals surface area contributed by atoms with Crippen LogP contribution in [0.15, 0.2) is 60.3 Å². The number of halogens is 1. The van der Waals surface area contributed by atoms with Gasteiger partial charge in [-0.05, 0) is 48.9 Å². The van der Waals surface area contributed by atoms with Gasteiger partial charge >= 0.3 is 0 Å². The maximum absolute atomic E-state index is 12.4. The van der Waals surface area contributed by atoms with Crippen molar-refractivity contribution in [2.75, 3.05) is 18.2 Å². The number of thioether (sulfide) groups is 1. The number of benzene rings is 2. The third-order valence-corrected chi connectivity index (χ3v) is 5.63. The summed E-state index contributed by atoms with van der Waals surface area (Å²) in [5, 5.41) is 12.7. The summed E-state index contributed by atoms with van der Waals surface area (Å²) in [6.45, 7) is 6.21. The Hall–Kier alpha value is -2.77. The van der Waals surface area contributed by atoms with Gasteiger partial charge in [0.2, 0.25) is 5.91 Å². The van der Waals surface area contributed by atoms with Crippen LogP contribution in [0.4, 0.5) is 5.69 Å². The molecule has 0 aliphatic heterocycles. The summed E-state index contributed by atoms with van der Waals surface area (Å²) in [7, 11) is 1.62. The summed E-state index contributed by atoms with van der Waals surface area (Å²) in [6.07, 6.45) is 1.77. The number of allylic oxidation sites excluding steroid dienone is 1. The van der Waals surface area contributed by atoms with Gasteiger partial charge in [-0.3, -0.25) is 9.36 Å². The fraction of sp³-hybridized carbons (Fsp3) is 0.190. The van der Waals surface area contributed by atoms with E-state index in [1.807, 2.05) is 41.8 Å². The molecule has 6 nitrogen and oxygen atoms in total. The lowest BCUT2D eigenvalue weighted by molar-refractivity contribution is -0.113. The van der Waals surface area contributed by atoms with E-state index >= 15 is 0 Å². The van der Waals surface area contributed by atoms with Crippen LogP contribution < -0.4 is 10.1 Å². The van der Waals surface area contributed by atoms with Crippen LogP contribution in [-0.2, 0) is 11.3 Å². The van der Waals surface area contributed by atoms with Gasteiger partial charge in [-0.2, -0.15) is 0 Å². The number of aromatic nitrogens is 3. The first-order chi connectivity index (χ1) is 14.0. The number of rotatable bonds is 8. The monoisotopic (exact) mass is 428 g/mol. The molecule has 3 rings (SSSR count). The van der Waals surface area contributed by atoms with E-state index in [1.54, 1.807) is 25.3 Å². The molecule has 29 heavy (non-hydrogen) atoms. The maximum atomic E-state index is 12.4. The van der Waals surface area contributed by atoms with Crippen molar-refractivity contribution in [2.45, 2.75) is 18.6 Å². The highest BCUT2D eigenvalue weighted by Crippen LogP contribution is 2.27. The third kappa shape index (κ3) is 4.99. The number of methoxy groups -OCH3 is 1. The molecule has 3 aromatic rings. The minimum atomic E-state index is -0.139. The van der Waals surface area contributed by atoms with E-state index in [1.165, 1.54) is 11.8 Å². The molecule has 1 aromatic heterocycles. The first-order valence-corrected chi connectivity index (χ1v) is 10.3. The quantitative estimate of drug-likeness (QED) is 0.411. The number of carbonyl (C=O) groups is 1. The van der Waals surface area contributed by atoms with Crippen LogP contribution in [0, 0.1) is 6.92 Å². The Morgan fingerprint density at radius 2 is 2.03 bits per heavy atom. The highest BCUT2D eigenvalue weighted by atomic mass is 35.5. The molecule has 0 radical (unpaired) electrons. The molecule has 0 aliphatic carbocycles. The van der Waals surface area contributed by atoms with Crippen LogP contribution in [0.2, 0.25) is 5.02 Å². The number of hydrogen-bond donors (Lipinski definition) is 1. The molecular weight excluding hydrogens is 408 g/mol. The Morgan fingerprint density at radius 1 is 1.28 bits per heavy atom. The number of nitrogens with one attached hydrogen (secondary N) is 1. The van der Waals surface area contributed by atoms with E-state index in [-0.39, 0.29) is 11.7 Å². The highest BCUT2D eigenvalue weighted by molar-refractivity contribution is 7.99. The number of hydrogen-bond acceptors (Lipinski definition) is 5. The number of carbonyl (C=O) groups excluding carboxylic acids is 1. The molecule has 0 saturated heterocycles. The zero-order valence-electron chi connectivity index (χ0n) is 16.2. The number of amides is 1. The van der Waals surface area contributed by atoms with Crippen LogP contribution in [0.3, 0.4) is 0 Å². The maximum Gasteiger partial charge on any atom is 0.234 e. The molecule has 2 aromatic carbocycles. The van der Waals surface area contributed by atoms with Gasteiger partial charge in [0.25, 0.3) is 0 Å². The molecule has 0 spiro atoms. The Labute approximate surface area is 178 Å². The number of nitrogens with zero attached hydrogens (tertiary/aromatic N) is 3. The van der Waals surface area contributed by atoms with Crippen molar-refractivity contribution in [1.29, 1.82) is 0 Å². The molecule has 0 saturated carbocycles. The van der Waals surface area contributed by atoms with E-state index in [0.717, 1.165) is 16.9 Å². The fourth-order valence-corrected chi connectivity index (χ4v) is 3.62. The molecule has 1 heterocycles. The molecule has 1 N–H and O–H groups in total. The first kappa shape index (κ1) is 21.0. The molecule has 150 valence electrons. The van der Waals surface area contributed by atoms with Crippen molar-refractivity contribution in [2.24, 2.45) is 0 Å². The Kier molecular flexibility index (Phi) is 6.95. The standard InChI is InChI=1S/C21H21ClN4O2S/c1-4-12-26-20(15-8-10-16(28-3)11-9-15)24-25-21(26)29-13-19(27)23-18-7-5-6-17(22)14(18)2/h4-11H,1,12-13H2,2-3H3,(H,23,27). The molecule has 0 unspecified atom stereocenters. The van der Waals surface area contributed by atoms with E-state index in [0.29, 0.717) is 28.2 Å². The fourth-order valence-electron chi connectivity index (χ4n) is 2.70. The molecule has 0 bridgehead atoms. The third-order valence-electron chi connectivity index (χ3n) is 4.25. The Balaban J connectivity index is 1.73. The lowest BCUT2D eigenvalue weighted by Gasteiger charge is -2.10. The second-order valence-electron chi connectivity index (χ2n) is 6.18. The number of anilines is 1. The minimum absolute atomic E-state index is 0.139. The van der Waals surface area contributed by atoms with Gasteiger partial charge in [-0.25, -0.2) is 0 Å². The molecule has 1 amide bonds. The lowest BCUT2D eigenvalue weighted by Crippen LogP contribution is -2.15.